The summed E-state index contributed by atoms with van der Waals surface area (Å²) in [7, 11) is 0. The number of ketones is 1. The first-order chi connectivity index (χ1) is 12.7. The number of nitrogens with two attached hydrogens (primary N) is 1. The van der Waals surface area contributed by atoms with Crippen molar-refractivity contribution in [1.29, 1.82) is 0 Å². The second-order valence-corrected chi connectivity index (χ2v) is 8.86. The van der Waals surface area contributed by atoms with Crippen LogP contribution >= 0.6 is 22.7 Å². The van der Waals surface area contributed by atoms with Gasteiger partial charge in [-0.05, 0) is 49.9 Å². The van der Waals surface area contributed by atoms with E-state index in [-0.39, 0.29) is 16.3 Å². The van der Waals surface area contributed by atoms with Gasteiger partial charge in [-0.1, -0.05) is 18.2 Å². The molecule has 0 amide bonds. The SMILES string of the molecule is CC(C)(C)OC(=O)c1c(N)sc(C(=O)c2cccs2)c1-c1ccc(F)cc1. The van der Waals surface area contributed by atoms with E-state index in [4.69, 9.17) is 10.5 Å². The van der Waals surface area contributed by atoms with Crippen LogP contribution in [0.25, 0.3) is 11.1 Å². The summed E-state index contributed by atoms with van der Waals surface area (Å²) in [5.74, 6) is -1.25. The lowest BCUT2D eigenvalue weighted by Crippen LogP contribution is -2.24. The zero-order chi connectivity index (χ0) is 19.8. The molecular weight excluding hydrogens is 385 g/mol. The molecule has 0 bridgehead atoms. The van der Waals surface area contributed by atoms with Gasteiger partial charge in [0.1, 0.15) is 22.0 Å². The van der Waals surface area contributed by atoms with Crippen LogP contribution in [-0.4, -0.2) is 17.4 Å². The number of esters is 1. The van der Waals surface area contributed by atoms with Crippen LogP contribution in [0.2, 0.25) is 0 Å². The summed E-state index contributed by atoms with van der Waals surface area (Å²) in [6, 6.07) is 9.10. The minimum absolute atomic E-state index is 0.140. The number of ether oxygens (including phenoxy) is 1. The van der Waals surface area contributed by atoms with E-state index >= 15 is 0 Å². The second-order valence-electron chi connectivity index (χ2n) is 6.86. The number of carbonyl (C=O) groups excluding carboxylic acids is 2. The largest absolute Gasteiger partial charge is 0.456 e. The molecule has 4 nitrogen and oxygen atoms in total. The molecule has 0 fully saturated rings. The van der Waals surface area contributed by atoms with E-state index in [1.807, 2.05) is 0 Å². The van der Waals surface area contributed by atoms with Crippen LogP contribution in [0.4, 0.5) is 9.39 Å². The third kappa shape index (κ3) is 4.09. The van der Waals surface area contributed by atoms with Crippen LogP contribution in [0, 0.1) is 5.82 Å². The number of nitrogen functional groups attached to an aromatic ring is 1. The fraction of sp³-hybridized carbons (Fsp3) is 0.200. The molecule has 0 aliphatic heterocycles. The third-order valence-electron chi connectivity index (χ3n) is 3.62. The van der Waals surface area contributed by atoms with Crippen molar-refractivity contribution in [2.75, 3.05) is 5.73 Å². The molecule has 2 N–H and O–H groups in total. The Morgan fingerprint density at radius 1 is 1.11 bits per heavy atom. The van der Waals surface area contributed by atoms with Crippen molar-refractivity contribution in [3.63, 3.8) is 0 Å². The van der Waals surface area contributed by atoms with E-state index in [1.54, 1.807) is 38.3 Å². The lowest BCUT2D eigenvalue weighted by molar-refractivity contribution is 0.00721. The highest BCUT2D eigenvalue weighted by molar-refractivity contribution is 7.20. The van der Waals surface area contributed by atoms with Gasteiger partial charge < -0.3 is 10.5 Å². The number of thiophene rings is 2. The molecule has 0 saturated heterocycles. The molecule has 0 aliphatic carbocycles. The van der Waals surface area contributed by atoms with Crippen LogP contribution in [0.3, 0.4) is 0 Å². The quantitative estimate of drug-likeness (QED) is 0.469. The maximum Gasteiger partial charge on any atom is 0.342 e. The standard InChI is InChI=1S/C20H18FNO3S2/c1-20(2,3)25-19(24)15-14(11-6-8-12(21)9-7-11)17(27-18(15)22)16(23)13-5-4-10-26-13/h4-10H,22H2,1-3H3. The molecule has 1 aromatic carbocycles. The van der Waals surface area contributed by atoms with Gasteiger partial charge in [0, 0.05) is 5.56 Å². The van der Waals surface area contributed by atoms with Crippen molar-refractivity contribution in [1.82, 2.24) is 0 Å². The zero-order valence-corrected chi connectivity index (χ0v) is 16.7. The summed E-state index contributed by atoms with van der Waals surface area (Å²) >= 11 is 2.35. The average molecular weight is 404 g/mol. The molecule has 2 heterocycles. The molecule has 0 radical (unpaired) electrons. The molecule has 0 saturated carbocycles. The van der Waals surface area contributed by atoms with Gasteiger partial charge in [0.05, 0.1) is 9.75 Å². The van der Waals surface area contributed by atoms with Crippen molar-refractivity contribution < 1.29 is 18.7 Å². The third-order valence-corrected chi connectivity index (χ3v) is 5.51. The Morgan fingerprint density at radius 2 is 1.78 bits per heavy atom. The fourth-order valence-corrected chi connectivity index (χ4v) is 4.32. The molecule has 0 spiro atoms. The molecule has 7 heteroatoms. The Bertz CT molecular complexity index is 984. The van der Waals surface area contributed by atoms with Gasteiger partial charge >= 0.3 is 5.97 Å². The van der Waals surface area contributed by atoms with Crippen molar-refractivity contribution in [3.8, 4) is 11.1 Å². The summed E-state index contributed by atoms with van der Waals surface area (Å²) in [4.78, 5) is 26.6. The van der Waals surface area contributed by atoms with Crippen LogP contribution < -0.4 is 5.73 Å². The van der Waals surface area contributed by atoms with E-state index in [0.29, 0.717) is 20.9 Å². The number of carbonyl (C=O) groups is 2. The van der Waals surface area contributed by atoms with Crippen LogP contribution in [0.1, 0.15) is 45.7 Å². The van der Waals surface area contributed by atoms with E-state index in [2.05, 4.69) is 0 Å². The van der Waals surface area contributed by atoms with Crippen LogP contribution in [-0.2, 0) is 4.74 Å². The van der Waals surface area contributed by atoms with E-state index in [1.165, 1.54) is 35.6 Å². The Kier molecular flexibility index (Phi) is 5.17. The number of rotatable bonds is 4. The molecule has 0 atom stereocenters. The lowest BCUT2D eigenvalue weighted by Gasteiger charge is -2.20. The first-order valence-electron chi connectivity index (χ1n) is 8.17. The van der Waals surface area contributed by atoms with Gasteiger partial charge in [-0.2, -0.15) is 0 Å². The summed E-state index contributed by atoms with van der Waals surface area (Å²) < 4.78 is 18.9. The maximum atomic E-state index is 13.4. The van der Waals surface area contributed by atoms with Crippen molar-refractivity contribution >= 4 is 39.4 Å². The summed E-state index contributed by atoms with van der Waals surface area (Å²) in [5, 5.41) is 2.00. The normalized spacial score (nSPS) is 11.4. The number of halogens is 1. The van der Waals surface area contributed by atoms with Gasteiger partial charge in [0.2, 0.25) is 5.78 Å². The van der Waals surface area contributed by atoms with Gasteiger partial charge in [0.25, 0.3) is 0 Å². The molecular formula is C20H18FNO3S2. The highest BCUT2D eigenvalue weighted by Gasteiger charge is 2.30. The lowest BCUT2D eigenvalue weighted by atomic mass is 9.99. The predicted molar refractivity (Wildman–Crippen MR) is 107 cm³/mol. The Morgan fingerprint density at radius 3 is 2.33 bits per heavy atom. The molecule has 140 valence electrons. The number of anilines is 1. The van der Waals surface area contributed by atoms with Gasteiger partial charge in [0.15, 0.2) is 0 Å². The zero-order valence-electron chi connectivity index (χ0n) is 15.0. The van der Waals surface area contributed by atoms with E-state index < -0.39 is 17.4 Å². The Labute approximate surface area is 164 Å². The van der Waals surface area contributed by atoms with Gasteiger partial charge in [-0.15, -0.1) is 22.7 Å². The fourth-order valence-electron chi connectivity index (χ4n) is 2.55. The topological polar surface area (TPSA) is 69.4 Å². The maximum absolute atomic E-state index is 13.4. The van der Waals surface area contributed by atoms with Crippen LogP contribution in [0.5, 0.6) is 0 Å². The number of hydrogen-bond acceptors (Lipinski definition) is 6. The molecule has 3 aromatic rings. The van der Waals surface area contributed by atoms with Crippen molar-refractivity contribution in [2.24, 2.45) is 0 Å². The average Bonchev–Trinajstić information content (AvgIpc) is 3.21. The second kappa shape index (κ2) is 7.25. The predicted octanol–water partition coefficient (Wildman–Crippen LogP) is 5.38. The van der Waals surface area contributed by atoms with Crippen molar-refractivity contribution in [2.45, 2.75) is 26.4 Å². The Balaban J connectivity index is 2.20. The van der Waals surface area contributed by atoms with Gasteiger partial charge in [-0.25, -0.2) is 9.18 Å². The van der Waals surface area contributed by atoms with Crippen LogP contribution in [0.15, 0.2) is 41.8 Å². The smallest absolute Gasteiger partial charge is 0.342 e. The number of hydrogen-bond donors (Lipinski definition) is 1. The minimum atomic E-state index is -0.719. The Hall–Kier alpha value is -2.51. The molecule has 27 heavy (non-hydrogen) atoms. The van der Waals surface area contributed by atoms with Crippen molar-refractivity contribution in [3.05, 3.63) is 62.9 Å². The number of benzene rings is 1. The minimum Gasteiger partial charge on any atom is -0.456 e. The monoisotopic (exact) mass is 403 g/mol. The highest BCUT2D eigenvalue weighted by atomic mass is 32.1. The van der Waals surface area contributed by atoms with E-state index in [9.17, 15) is 14.0 Å². The summed E-state index contributed by atoms with van der Waals surface area (Å²) in [5.41, 5.74) is 6.45. The molecule has 3 rings (SSSR count). The summed E-state index contributed by atoms with van der Waals surface area (Å²) in [6.07, 6.45) is 0. The summed E-state index contributed by atoms with van der Waals surface area (Å²) in [6.45, 7) is 5.26. The molecule has 0 unspecified atom stereocenters. The van der Waals surface area contributed by atoms with Gasteiger partial charge in [-0.3, -0.25) is 4.79 Å². The molecule has 0 aliphatic rings. The first-order valence-corrected chi connectivity index (χ1v) is 9.87. The van der Waals surface area contributed by atoms with E-state index in [0.717, 1.165) is 11.3 Å². The molecule has 2 aromatic heterocycles. The highest BCUT2D eigenvalue weighted by Crippen LogP contribution is 2.41. The first kappa shape index (κ1) is 19.3.